The monoisotopic (exact) mass is 302 g/mol. The van der Waals surface area contributed by atoms with Crippen LogP contribution in [0.25, 0.3) is 26.9 Å². The summed E-state index contributed by atoms with van der Waals surface area (Å²) in [7, 11) is 0. The van der Waals surface area contributed by atoms with Gasteiger partial charge in [0.05, 0.1) is 23.1 Å². The minimum atomic E-state index is 0.785. The highest BCUT2D eigenvalue weighted by atomic mass is 32.1. The Hall–Kier alpha value is -1.99. The van der Waals surface area contributed by atoms with Crippen LogP contribution < -0.4 is 0 Å². The highest BCUT2D eigenvalue weighted by Crippen LogP contribution is 2.33. The van der Waals surface area contributed by atoms with E-state index in [1.54, 1.807) is 28.9 Å². The summed E-state index contributed by atoms with van der Waals surface area (Å²) in [6.45, 7) is 3.91. The molecule has 0 aliphatic rings. The van der Waals surface area contributed by atoms with Gasteiger partial charge in [0.15, 0.2) is 4.96 Å². The number of aryl methyl sites for hydroxylation is 2. The Balaban J connectivity index is 1.88. The summed E-state index contributed by atoms with van der Waals surface area (Å²) >= 11 is 3.24. The first kappa shape index (κ1) is 11.8. The van der Waals surface area contributed by atoms with Crippen LogP contribution in [0.1, 0.15) is 11.5 Å². The van der Waals surface area contributed by atoms with Gasteiger partial charge < -0.3 is 4.52 Å². The normalized spacial score (nSPS) is 11.5. The largest absolute Gasteiger partial charge is 0.361 e. The fourth-order valence-electron chi connectivity index (χ4n) is 2.20. The van der Waals surface area contributed by atoms with Crippen molar-refractivity contribution in [1.82, 2.24) is 19.5 Å². The maximum absolute atomic E-state index is 5.10. The molecule has 0 aromatic carbocycles. The van der Waals surface area contributed by atoms with Crippen molar-refractivity contribution in [2.75, 3.05) is 0 Å². The minimum absolute atomic E-state index is 0.785. The fourth-order valence-corrected chi connectivity index (χ4v) is 3.87. The summed E-state index contributed by atoms with van der Waals surface area (Å²) in [5, 5.41) is 8.82. The molecular weight excluding hydrogens is 292 g/mol. The van der Waals surface area contributed by atoms with E-state index >= 15 is 0 Å². The molecule has 4 heterocycles. The zero-order valence-corrected chi connectivity index (χ0v) is 12.5. The summed E-state index contributed by atoms with van der Waals surface area (Å²) < 4.78 is 7.19. The van der Waals surface area contributed by atoms with Crippen molar-refractivity contribution in [3.8, 4) is 22.0 Å². The lowest BCUT2D eigenvalue weighted by Crippen LogP contribution is -1.86. The average molecular weight is 302 g/mol. The average Bonchev–Trinajstić information content (AvgIpc) is 3.12. The van der Waals surface area contributed by atoms with Crippen molar-refractivity contribution in [1.29, 1.82) is 0 Å². The molecule has 0 radical (unpaired) electrons. The summed E-state index contributed by atoms with van der Waals surface area (Å²) in [5.74, 6) is 0.785. The molecule has 0 fully saturated rings. The van der Waals surface area contributed by atoms with Gasteiger partial charge in [-0.2, -0.15) is 0 Å². The van der Waals surface area contributed by atoms with E-state index in [4.69, 9.17) is 9.51 Å². The van der Waals surface area contributed by atoms with Gasteiger partial charge in [0.2, 0.25) is 0 Å². The van der Waals surface area contributed by atoms with Crippen molar-refractivity contribution < 1.29 is 4.52 Å². The first-order valence-corrected chi connectivity index (χ1v) is 7.79. The molecule has 4 aromatic rings. The second kappa shape index (κ2) is 4.26. The van der Waals surface area contributed by atoms with E-state index < -0.39 is 0 Å². The number of hydrogen-bond acceptors (Lipinski definition) is 6. The van der Waals surface area contributed by atoms with Gasteiger partial charge >= 0.3 is 0 Å². The predicted octanol–water partition coefficient (Wildman–Crippen LogP) is 3.79. The van der Waals surface area contributed by atoms with E-state index in [1.165, 1.54) is 0 Å². The first-order chi connectivity index (χ1) is 9.74. The Labute approximate surface area is 122 Å². The van der Waals surface area contributed by atoms with E-state index in [0.29, 0.717) is 0 Å². The first-order valence-electron chi connectivity index (χ1n) is 6.04. The van der Waals surface area contributed by atoms with Gasteiger partial charge in [-0.3, -0.25) is 4.40 Å². The van der Waals surface area contributed by atoms with Crippen molar-refractivity contribution >= 4 is 27.6 Å². The van der Waals surface area contributed by atoms with Gasteiger partial charge in [0.1, 0.15) is 16.5 Å². The smallest absolute Gasteiger partial charge is 0.194 e. The molecule has 4 aromatic heterocycles. The van der Waals surface area contributed by atoms with E-state index in [1.807, 2.05) is 30.8 Å². The molecule has 100 valence electrons. The third kappa shape index (κ3) is 1.63. The van der Waals surface area contributed by atoms with Crippen LogP contribution in [0.2, 0.25) is 0 Å². The Kier molecular flexibility index (Phi) is 2.51. The lowest BCUT2D eigenvalue weighted by Gasteiger charge is -1.95. The SMILES string of the molecule is Cc1nc2sccn2c1-c1nc(-c2cnoc2C)cs1. The lowest BCUT2D eigenvalue weighted by molar-refractivity contribution is 0.398. The molecule has 0 saturated heterocycles. The van der Waals surface area contributed by atoms with Gasteiger partial charge in [-0.15, -0.1) is 22.7 Å². The summed E-state index contributed by atoms with van der Waals surface area (Å²) in [5.41, 5.74) is 3.90. The Bertz CT molecular complexity index is 899. The van der Waals surface area contributed by atoms with E-state index in [0.717, 1.165) is 38.4 Å². The molecule has 0 aliphatic heterocycles. The molecule has 5 nitrogen and oxygen atoms in total. The van der Waals surface area contributed by atoms with Crippen LogP contribution in [0.5, 0.6) is 0 Å². The van der Waals surface area contributed by atoms with Gasteiger partial charge in [0.25, 0.3) is 0 Å². The number of thiazole rings is 2. The molecule has 0 atom stereocenters. The Morgan fingerprint density at radius 1 is 1.20 bits per heavy atom. The molecule has 20 heavy (non-hydrogen) atoms. The minimum Gasteiger partial charge on any atom is -0.361 e. The van der Waals surface area contributed by atoms with Crippen molar-refractivity contribution in [3.05, 3.63) is 34.6 Å². The molecule has 0 unspecified atom stereocenters. The lowest BCUT2D eigenvalue weighted by atomic mass is 10.2. The molecule has 4 rings (SSSR count). The number of rotatable bonds is 2. The van der Waals surface area contributed by atoms with Gasteiger partial charge in [-0.05, 0) is 13.8 Å². The second-order valence-electron chi connectivity index (χ2n) is 4.43. The molecular formula is C13H10N4OS2. The van der Waals surface area contributed by atoms with Gasteiger partial charge in [-0.25, -0.2) is 9.97 Å². The van der Waals surface area contributed by atoms with Crippen LogP contribution in [0.4, 0.5) is 0 Å². The van der Waals surface area contributed by atoms with Crippen LogP contribution in [-0.2, 0) is 0 Å². The highest BCUT2D eigenvalue weighted by Gasteiger charge is 2.17. The second-order valence-corrected chi connectivity index (χ2v) is 6.17. The van der Waals surface area contributed by atoms with E-state index in [9.17, 15) is 0 Å². The summed E-state index contributed by atoms with van der Waals surface area (Å²) in [6, 6.07) is 0. The van der Waals surface area contributed by atoms with E-state index in [2.05, 4.69) is 14.5 Å². The maximum atomic E-state index is 5.10. The topological polar surface area (TPSA) is 56.2 Å². The molecule has 0 saturated carbocycles. The molecule has 0 bridgehead atoms. The summed E-state index contributed by atoms with van der Waals surface area (Å²) in [6.07, 6.45) is 3.73. The standard InChI is InChI=1S/C13H10N4OS2/c1-7-11(17-3-4-19-13(17)15-7)12-16-10(6-20-12)9-5-14-18-8(9)2/h3-6H,1-2H3. The molecule has 0 amide bonds. The number of aromatic nitrogens is 4. The van der Waals surface area contributed by atoms with Crippen molar-refractivity contribution in [2.24, 2.45) is 0 Å². The van der Waals surface area contributed by atoms with E-state index in [-0.39, 0.29) is 0 Å². The molecule has 0 spiro atoms. The Morgan fingerprint density at radius 3 is 2.90 bits per heavy atom. The number of nitrogens with zero attached hydrogens (tertiary/aromatic N) is 4. The van der Waals surface area contributed by atoms with Crippen LogP contribution in [0.15, 0.2) is 27.7 Å². The van der Waals surface area contributed by atoms with Crippen molar-refractivity contribution in [2.45, 2.75) is 13.8 Å². The highest BCUT2D eigenvalue weighted by molar-refractivity contribution is 7.15. The number of imidazole rings is 1. The third-order valence-electron chi connectivity index (χ3n) is 3.17. The fraction of sp³-hybridized carbons (Fsp3) is 0.154. The molecule has 7 heteroatoms. The zero-order valence-electron chi connectivity index (χ0n) is 10.8. The van der Waals surface area contributed by atoms with Crippen LogP contribution in [0.3, 0.4) is 0 Å². The Morgan fingerprint density at radius 2 is 2.10 bits per heavy atom. The number of hydrogen-bond donors (Lipinski definition) is 0. The summed E-state index contributed by atoms with van der Waals surface area (Å²) in [4.78, 5) is 10.3. The van der Waals surface area contributed by atoms with Crippen LogP contribution in [0, 0.1) is 13.8 Å². The molecule has 0 N–H and O–H groups in total. The van der Waals surface area contributed by atoms with Crippen LogP contribution >= 0.6 is 22.7 Å². The predicted molar refractivity (Wildman–Crippen MR) is 79.1 cm³/mol. The maximum Gasteiger partial charge on any atom is 0.194 e. The molecule has 0 aliphatic carbocycles. The third-order valence-corrected chi connectivity index (χ3v) is 4.78. The van der Waals surface area contributed by atoms with Gasteiger partial charge in [0, 0.05) is 17.0 Å². The van der Waals surface area contributed by atoms with Crippen molar-refractivity contribution in [3.63, 3.8) is 0 Å². The quantitative estimate of drug-likeness (QED) is 0.565. The number of fused-ring (bicyclic) bond motifs is 1. The van der Waals surface area contributed by atoms with Gasteiger partial charge in [-0.1, -0.05) is 5.16 Å². The van der Waals surface area contributed by atoms with Crippen LogP contribution in [-0.4, -0.2) is 19.5 Å². The zero-order chi connectivity index (χ0) is 13.7.